The highest BCUT2D eigenvalue weighted by molar-refractivity contribution is 5.61. The Kier molecular flexibility index (Phi) is 5.16. The molecule has 0 spiro atoms. The van der Waals surface area contributed by atoms with Gasteiger partial charge in [0.25, 0.3) is 0 Å². The summed E-state index contributed by atoms with van der Waals surface area (Å²) in [6.45, 7) is 14.9. The third-order valence-corrected chi connectivity index (χ3v) is 4.19. The zero-order chi connectivity index (χ0) is 14.6. The standard InChI is InChI=1S/C17H28N2/c1-8-12-17(6,9-2)19(7)16-14(5)10-11-15(18-16)13(3)4/h10-11H,3,8-9,12H2,1-2,4-7H3. The van der Waals surface area contributed by atoms with Gasteiger partial charge in [-0.25, -0.2) is 4.98 Å². The Balaban J connectivity index is 3.20. The Morgan fingerprint density at radius 2 is 2.00 bits per heavy atom. The van der Waals surface area contributed by atoms with Gasteiger partial charge in [0.05, 0.1) is 5.69 Å². The molecule has 2 nitrogen and oxygen atoms in total. The van der Waals surface area contributed by atoms with Crippen molar-refractivity contribution in [2.24, 2.45) is 0 Å². The van der Waals surface area contributed by atoms with Crippen molar-refractivity contribution in [3.63, 3.8) is 0 Å². The average Bonchev–Trinajstić information content (AvgIpc) is 2.38. The summed E-state index contributed by atoms with van der Waals surface area (Å²) in [5, 5.41) is 0. The third-order valence-electron chi connectivity index (χ3n) is 4.19. The second kappa shape index (κ2) is 6.23. The summed E-state index contributed by atoms with van der Waals surface area (Å²) in [4.78, 5) is 7.14. The van der Waals surface area contributed by atoms with Crippen LogP contribution in [-0.4, -0.2) is 17.6 Å². The summed E-state index contributed by atoms with van der Waals surface area (Å²) < 4.78 is 0. The number of allylic oxidation sites excluding steroid dienone is 1. The summed E-state index contributed by atoms with van der Waals surface area (Å²) in [5.41, 5.74) is 3.40. The lowest BCUT2D eigenvalue weighted by Crippen LogP contribution is -2.44. The van der Waals surface area contributed by atoms with Crippen molar-refractivity contribution < 1.29 is 0 Å². The predicted molar refractivity (Wildman–Crippen MR) is 85.7 cm³/mol. The van der Waals surface area contributed by atoms with E-state index in [1.807, 2.05) is 6.92 Å². The largest absolute Gasteiger partial charge is 0.354 e. The Morgan fingerprint density at radius 1 is 1.37 bits per heavy atom. The number of aromatic nitrogens is 1. The van der Waals surface area contributed by atoms with Crippen molar-refractivity contribution in [3.05, 3.63) is 30.0 Å². The van der Waals surface area contributed by atoms with Gasteiger partial charge in [0.15, 0.2) is 0 Å². The van der Waals surface area contributed by atoms with Crippen LogP contribution in [0, 0.1) is 6.92 Å². The van der Waals surface area contributed by atoms with Crippen molar-refractivity contribution >= 4 is 11.4 Å². The number of nitrogens with zero attached hydrogens (tertiary/aromatic N) is 2. The van der Waals surface area contributed by atoms with Gasteiger partial charge in [-0.2, -0.15) is 0 Å². The first kappa shape index (κ1) is 15.7. The molecule has 0 saturated carbocycles. The van der Waals surface area contributed by atoms with E-state index in [2.05, 4.69) is 58.4 Å². The molecule has 0 aliphatic rings. The van der Waals surface area contributed by atoms with Crippen molar-refractivity contribution in [1.29, 1.82) is 0 Å². The second-order valence-corrected chi connectivity index (χ2v) is 5.78. The van der Waals surface area contributed by atoms with Crippen molar-refractivity contribution in [2.75, 3.05) is 11.9 Å². The van der Waals surface area contributed by atoms with Crippen molar-refractivity contribution in [2.45, 2.75) is 59.4 Å². The van der Waals surface area contributed by atoms with Crippen molar-refractivity contribution in [1.82, 2.24) is 4.98 Å². The van der Waals surface area contributed by atoms with E-state index in [1.54, 1.807) is 0 Å². The lowest BCUT2D eigenvalue weighted by Gasteiger charge is -2.40. The molecule has 0 radical (unpaired) electrons. The van der Waals surface area contributed by atoms with Crippen molar-refractivity contribution in [3.8, 4) is 0 Å². The molecule has 0 saturated heterocycles. The normalized spacial score (nSPS) is 14.0. The molecular weight excluding hydrogens is 232 g/mol. The number of hydrogen-bond donors (Lipinski definition) is 0. The number of anilines is 1. The fraction of sp³-hybridized carbons (Fsp3) is 0.588. The van der Waals surface area contributed by atoms with E-state index in [1.165, 1.54) is 18.4 Å². The average molecular weight is 260 g/mol. The summed E-state index contributed by atoms with van der Waals surface area (Å²) >= 11 is 0. The van der Waals surface area contributed by atoms with Gasteiger partial charge in [0.1, 0.15) is 5.82 Å². The maximum absolute atomic E-state index is 4.79. The maximum atomic E-state index is 4.79. The van der Waals surface area contributed by atoms with E-state index in [-0.39, 0.29) is 5.54 Å². The highest BCUT2D eigenvalue weighted by Gasteiger charge is 2.28. The first-order valence-electron chi connectivity index (χ1n) is 7.23. The molecule has 1 rings (SSSR count). The van der Waals surface area contributed by atoms with E-state index < -0.39 is 0 Å². The fourth-order valence-electron chi connectivity index (χ4n) is 2.47. The molecule has 0 bridgehead atoms. The molecule has 1 unspecified atom stereocenters. The number of rotatable bonds is 6. The van der Waals surface area contributed by atoms with E-state index in [9.17, 15) is 0 Å². The van der Waals surface area contributed by atoms with Crippen LogP contribution in [0.15, 0.2) is 18.7 Å². The first-order valence-corrected chi connectivity index (χ1v) is 7.23. The minimum absolute atomic E-state index is 0.167. The SMILES string of the molecule is C=C(C)c1ccc(C)c(N(C)C(C)(CC)CCC)n1. The molecular formula is C17H28N2. The van der Waals surface area contributed by atoms with Gasteiger partial charge in [-0.3, -0.25) is 0 Å². The van der Waals surface area contributed by atoms with Gasteiger partial charge in [-0.05, 0) is 50.8 Å². The van der Waals surface area contributed by atoms with E-state index >= 15 is 0 Å². The molecule has 1 aromatic rings. The summed E-state index contributed by atoms with van der Waals surface area (Å²) in [6, 6.07) is 4.20. The number of pyridine rings is 1. The number of aryl methyl sites for hydroxylation is 1. The number of hydrogen-bond acceptors (Lipinski definition) is 2. The van der Waals surface area contributed by atoms with Crippen LogP contribution in [0.3, 0.4) is 0 Å². The van der Waals surface area contributed by atoms with Gasteiger partial charge < -0.3 is 4.90 Å². The molecule has 0 aromatic carbocycles. The van der Waals surface area contributed by atoms with Crippen LogP contribution in [0.2, 0.25) is 0 Å². The molecule has 0 fully saturated rings. The highest BCUT2D eigenvalue weighted by Crippen LogP contribution is 2.30. The molecule has 2 heteroatoms. The van der Waals surface area contributed by atoms with Crippen LogP contribution in [0.25, 0.3) is 5.57 Å². The summed E-state index contributed by atoms with van der Waals surface area (Å²) in [6.07, 6.45) is 3.49. The minimum Gasteiger partial charge on any atom is -0.354 e. The lowest BCUT2D eigenvalue weighted by atomic mass is 9.91. The van der Waals surface area contributed by atoms with Gasteiger partial charge in [0, 0.05) is 12.6 Å². The topological polar surface area (TPSA) is 16.1 Å². The fourth-order valence-corrected chi connectivity index (χ4v) is 2.47. The molecule has 0 N–H and O–H groups in total. The van der Waals surface area contributed by atoms with Gasteiger partial charge in [-0.1, -0.05) is 32.9 Å². The zero-order valence-corrected chi connectivity index (χ0v) is 13.4. The lowest BCUT2D eigenvalue weighted by molar-refractivity contribution is 0.389. The molecule has 0 aliphatic carbocycles. The second-order valence-electron chi connectivity index (χ2n) is 5.78. The quantitative estimate of drug-likeness (QED) is 0.728. The Hall–Kier alpha value is -1.31. The maximum Gasteiger partial charge on any atom is 0.132 e. The van der Waals surface area contributed by atoms with E-state index in [0.29, 0.717) is 0 Å². The van der Waals surface area contributed by atoms with Gasteiger partial charge in [0.2, 0.25) is 0 Å². The summed E-state index contributed by atoms with van der Waals surface area (Å²) in [5.74, 6) is 1.08. The van der Waals surface area contributed by atoms with Crippen LogP contribution in [0.5, 0.6) is 0 Å². The predicted octanol–water partition coefficient (Wildman–Crippen LogP) is 4.83. The van der Waals surface area contributed by atoms with Crippen LogP contribution in [-0.2, 0) is 0 Å². The smallest absolute Gasteiger partial charge is 0.132 e. The molecule has 19 heavy (non-hydrogen) atoms. The van der Waals surface area contributed by atoms with E-state index in [0.717, 1.165) is 23.5 Å². The first-order chi connectivity index (χ1) is 8.85. The van der Waals surface area contributed by atoms with Gasteiger partial charge >= 0.3 is 0 Å². The highest BCUT2D eigenvalue weighted by atomic mass is 15.2. The van der Waals surface area contributed by atoms with E-state index in [4.69, 9.17) is 4.98 Å². The molecule has 0 aliphatic heterocycles. The Morgan fingerprint density at radius 3 is 2.47 bits per heavy atom. The molecule has 106 valence electrons. The molecule has 1 atom stereocenters. The minimum atomic E-state index is 0.167. The monoisotopic (exact) mass is 260 g/mol. The third kappa shape index (κ3) is 3.37. The molecule has 0 amide bonds. The summed E-state index contributed by atoms with van der Waals surface area (Å²) in [7, 11) is 2.16. The van der Waals surface area contributed by atoms with Crippen LogP contribution in [0.1, 0.15) is 58.2 Å². The van der Waals surface area contributed by atoms with Crippen LogP contribution < -0.4 is 4.90 Å². The Labute approximate surface area is 118 Å². The van der Waals surface area contributed by atoms with Crippen LogP contribution in [0.4, 0.5) is 5.82 Å². The molecule has 1 aromatic heterocycles. The Bertz CT molecular complexity index is 451. The molecule has 1 heterocycles. The van der Waals surface area contributed by atoms with Crippen LogP contribution >= 0.6 is 0 Å². The zero-order valence-electron chi connectivity index (χ0n) is 13.4. The van der Waals surface area contributed by atoms with Gasteiger partial charge in [-0.15, -0.1) is 0 Å².